The van der Waals surface area contributed by atoms with Crippen LogP contribution < -0.4 is 26.3 Å². The van der Waals surface area contributed by atoms with Crippen molar-refractivity contribution in [1.82, 2.24) is 21.6 Å². The number of ether oxygens (including phenoxy) is 1. The van der Waals surface area contributed by atoms with E-state index in [-0.39, 0.29) is 12.2 Å². The molecule has 0 radical (unpaired) electrons. The maximum absolute atomic E-state index is 11.0. The number of hydrogen-bond acceptors (Lipinski definition) is 5. The van der Waals surface area contributed by atoms with Crippen molar-refractivity contribution in [3.05, 3.63) is 28.2 Å². The van der Waals surface area contributed by atoms with Gasteiger partial charge in [0.1, 0.15) is 11.9 Å². The molecule has 0 aliphatic carbocycles. The van der Waals surface area contributed by atoms with Gasteiger partial charge in [0.05, 0.1) is 24.3 Å². The zero-order valence-electron chi connectivity index (χ0n) is 10.2. The lowest BCUT2D eigenvalue weighted by Gasteiger charge is -2.24. The molecule has 1 saturated heterocycles. The number of nitrogens with one attached hydrogen (secondary N) is 4. The lowest BCUT2D eigenvalue weighted by Crippen LogP contribution is -2.62. The van der Waals surface area contributed by atoms with Crippen molar-refractivity contribution in [2.24, 2.45) is 5.10 Å². The van der Waals surface area contributed by atoms with Crippen LogP contribution in [0.1, 0.15) is 5.56 Å². The van der Waals surface area contributed by atoms with Crippen LogP contribution in [0.25, 0.3) is 0 Å². The molecule has 8 heteroatoms. The van der Waals surface area contributed by atoms with Crippen molar-refractivity contribution in [2.45, 2.75) is 6.17 Å². The third kappa shape index (κ3) is 3.83. The smallest absolute Gasteiger partial charge is 0.330 e. The third-order valence-electron chi connectivity index (χ3n) is 2.43. The first-order chi connectivity index (χ1) is 9.19. The monoisotopic (exact) mass is 327 g/mol. The van der Waals surface area contributed by atoms with E-state index in [2.05, 4.69) is 42.6 Å². The molecule has 1 unspecified atom stereocenters. The van der Waals surface area contributed by atoms with Gasteiger partial charge in [-0.05, 0) is 39.7 Å². The van der Waals surface area contributed by atoms with Crippen molar-refractivity contribution in [1.29, 1.82) is 0 Å². The first-order valence-electron chi connectivity index (χ1n) is 5.60. The van der Waals surface area contributed by atoms with E-state index < -0.39 is 0 Å². The summed E-state index contributed by atoms with van der Waals surface area (Å²) in [6.45, 7) is 0.537. The minimum atomic E-state index is -0.286. The Morgan fingerprint density at radius 1 is 1.58 bits per heavy atom. The Balaban J connectivity index is 1.91. The zero-order valence-corrected chi connectivity index (χ0v) is 11.8. The second-order valence-corrected chi connectivity index (χ2v) is 4.67. The normalized spacial score (nSPS) is 18.8. The molecular weight excluding hydrogens is 314 g/mol. The van der Waals surface area contributed by atoms with Crippen LogP contribution in [0.15, 0.2) is 27.8 Å². The van der Waals surface area contributed by atoms with Gasteiger partial charge in [-0.2, -0.15) is 5.10 Å². The summed E-state index contributed by atoms with van der Waals surface area (Å²) < 4.78 is 6.00. The van der Waals surface area contributed by atoms with E-state index in [0.29, 0.717) is 6.54 Å². The van der Waals surface area contributed by atoms with E-state index in [4.69, 9.17) is 4.74 Å². The Kier molecular flexibility index (Phi) is 4.58. The number of nitrogens with zero attached hydrogens (tertiary/aromatic N) is 1. The summed E-state index contributed by atoms with van der Waals surface area (Å²) in [5.41, 5.74) is 8.91. The fourth-order valence-electron chi connectivity index (χ4n) is 1.52. The topological polar surface area (TPSA) is 86.8 Å². The van der Waals surface area contributed by atoms with Crippen LogP contribution in [0.4, 0.5) is 4.79 Å². The Labute approximate surface area is 118 Å². The number of hydrazine groups is 1. The van der Waals surface area contributed by atoms with Gasteiger partial charge in [0, 0.05) is 0 Å². The molecule has 0 saturated carbocycles. The second-order valence-electron chi connectivity index (χ2n) is 3.81. The predicted molar refractivity (Wildman–Crippen MR) is 74.9 cm³/mol. The Morgan fingerprint density at radius 2 is 2.42 bits per heavy atom. The molecule has 1 aromatic rings. The maximum Gasteiger partial charge on any atom is 0.330 e. The fourth-order valence-corrected chi connectivity index (χ4v) is 2.08. The molecule has 2 amide bonds. The molecule has 1 fully saturated rings. The fraction of sp³-hybridized carbons (Fsp3) is 0.273. The molecular formula is C11H14BrN5O2. The minimum absolute atomic E-state index is 0.244. The highest BCUT2D eigenvalue weighted by atomic mass is 79.9. The molecule has 1 heterocycles. The summed E-state index contributed by atoms with van der Waals surface area (Å²) in [6, 6.07) is 5.34. The van der Waals surface area contributed by atoms with Crippen molar-refractivity contribution >= 4 is 28.2 Å². The number of benzene rings is 1. The van der Waals surface area contributed by atoms with Crippen molar-refractivity contribution in [2.75, 3.05) is 13.7 Å². The molecule has 102 valence electrons. The summed E-state index contributed by atoms with van der Waals surface area (Å²) in [6.07, 6.45) is 1.42. The van der Waals surface area contributed by atoms with Crippen molar-refractivity contribution in [3.63, 3.8) is 0 Å². The van der Waals surface area contributed by atoms with Gasteiger partial charge in [-0.25, -0.2) is 10.2 Å². The van der Waals surface area contributed by atoms with Crippen LogP contribution in [0.5, 0.6) is 5.75 Å². The van der Waals surface area contributed by atoms with E-state index >= 15 is 0 Å². The Bertz CT molecular complexity index is 494. The van der Waals surface area contributed by atoms with E-state index in [1.165, 1.54) is 0 Å². The predicted octanol–water partition coefficient (Wildman–Crippen LogP) is 0.525. The lowest BCUT2D eigenvalue weighted by molar-refractivity contribution is 0.217. The van der Waals surface area contributed by atoms with Crippen LogP contribution in [0, 0.1) is 0 Å². The average molecular weight is 328 g/mol. The SMILES string of the molecule is COc1ccc(/C=N/NC2CNNC(=O)N2)cc1Br. The van der Waals surface area contributed by atoms with E-state index in [9.17, 15) is 4.79 Å². The molecule has 0 aromatic heterocycles. The standard InChI is InChI=1S/C11H14BrN5O2/c1-19-9-3-2-7(4-8(9)12)5-13-16-10-6-14-17-11(18)15-10/h2-5,10,14,16H,6H2,1H3,(H2,15,17,18)/b13-5+. The molecule has 4 N–H and O–H groups in total. The van der Waals surface area contributed by atoms with Crippen molar-refractivity contribution in [3.8, 4) is 5.75 Å². The van der Waals surface area contributed by atoms with Crippen LogP contribution >= 0.6 is 15.9 Å². The molecule has 0 bridgehead atoms. The quantitative estimate of drug-likeness (QED) is 0.480. The number of carbonyl (C=O) groups is 1. The average Bonchev–Trinajstić information content (AvgIpc) is 2.39. The highest BCUT2D eigenvalue weighted by Gasteiger charge is 2.15. The number of rotatable bonds is 4. The Hall–Kier alpha value is -1.80. The molecule has 1 aliphatic rings. The summed E-state index contributed by atoms with van der Waals surface area (Å²) in [5, 5.41) is 6.74. The Morgan fingerprint density at radius 3 is 3.11 bits per heavy atom. The first-order valence-corrected chi connectivity index (χ1v) is 6.40. The molecule has 7 nitrogen and oxygen atoms in total. The number of methoxy groups -OCH3 is 1. The lowest BCUT2D eigenvalue weighted by atomic mass is 10.2. The van der Waals surface area contributed by atoms with E-state index in [1.54, 1.807) is 13.3 Å². The van der Waals surface area contributed by atoms with Gasteiger partial charge >= 0.3 is 6.03 Å². The van der Waals surface area contributed by atoms with E-state index in [0.717, 1.165) is 15.8 Å². The van der Waals surface area contributed by atoms with Crippen LogP contribution in [-0.4, -0.2) is 32.1 Å². The summed E-state index contributed by atoms with van der Waals surface area (Å²) >= 11 is 3.40. The summed E-state index contributed by atoms with van der Waals surface area (Å²) in [5.74, 6) is 0.764. The highest BCUT2D eigenvalue weighted by Crippen LogP contribution is 2.24. The van der Waals surface area contributed by atoms with Crippen LogP contribution in [0.3, 0.4) is 0 Å². The number of hydrazone groups is 1. The van der Waals surface area contributed by atoms with Gasteiger partial charge in [-0.1, -0.05) is 0 Å². The summed E-state index contributed by atoms with van der Waals surface area (Å²) in [4.78, 5) is 11.0. The number of urea groups is 1. The van der Waals surface area contributed by atoms with Crippen molar-refractivity contribution < 1.29 is 9.53 Å². The number of amides is 2. The van der Waals surface area contributed by atoms with Crippen LogP contribution in [0.2, 0.25) is 0 Å². The number of carbonyl (C=O) groups excluding carboxylic acids is 1. The second kappa shape index (κ2) is 6.39. The summed E-state index contributed by atoms with van der Waals surface area (Å²) in [7, 11) is 1.61. The first kappa shape index (κ1) is 13.6. The maximum atomic E-state index is 11.0. The number of hydrogen-bond donors (Lipinski definition) is 4. The molecule has 1 aromatic carbocycles. The zero-order chi connectivity index (χ0) is 13.7. The third-order valence-corrected chi connectivity index (χ3v) is 3.05. The molecule has 0 spiro atoms. The molecule has 1 aliphatic heterocycles. The van der Waals surface area contributed by atoms with Gasteiger partial charge in [0.15, 0.2) is 0 Å². The highest BCUT2D eigenvalue weighted by molar-refractivity contribution is 9.10. The minimum Gasteiger partial charge on any atom is -0.496 e. The molecule has 2 rings (SSSR count). The van der Waals surface area contributed by atoms with Gasteiger partial charge in [0.2, 0.25) is 0 Å². The van der Waals surface area contributed by atoms with Gasteiger partial charge in [-0.3, -0.25) is 10.9 Å². The van der Waals surface area contributed by atoms with Gasteiger partial charge in [0.25, 0.3) is 0 Å². The largest absolute Gasteiger partial charge is 0.496 e. The van der Waals surface area contributed by atoms with Gasteiger partial charge in [-0.15, -0.1) is 0 Å². The number of halogens is 1. The van der Waals surface area contributed by atoms with Crippen LogP contribution in [-0.2, 0) is 0 Å². The molecule has 19 heavy (non-hydrogen) atoms. The van der Waals surface area contributed by atoms with Gasteiger partial charge < -0.3 is 10.1 Å². The van der Waals surface area contributed by atoms with E-state index in [1.807, 2.05) is 18.2 Å². The molecule has 1 atom stereocenters.